The van der Waals surface area contributed by atoms with Crippen molar-refractivity contribution < 1.29 is 27.2 Å². The van der Waals surface area contributed by atoms with Crippen molar-refractivity contribution >= 4 is 16.1 Å². The van der Waals surface area contributed by atoms with E-state index in [-0.39, 0.29) is 13.2 Å². The highest BCUT2D eigenvalue weighted by molar-refractivity contribution is 7.85. The van der Waals surface area contributed by atoms with Gasteiger partial charge in [0.2, 0.25) is 0 Å². The second-order valence-electron chi connectivity index (χ2n) is 7.30. The fraction of sp³-hybridized carbons (Fsp3) is 0.933. The number of carbonyl (C=O) groups is 1. The number of ether oxygens (including phenoxy) is 2. The van der Waals surface area contributed by atoms with E-state index in [9.17, 15) is 13.2 Å². The minimum Gasteiger partial charge on any atom is -0.457 e. The van der Waals surface area contributed by atoms with Crippen LogP contribution in [0.3, 0.4) is 0 Å². The molecule has 0 unspecified atom stereocenters. The lowest BCUT2D eigenvalue weighted by Crippen LogP contribution is -2.58. The molecule has 7 heteroatoms. The maximum atomic E-state index is 12.0. The van der Waals surface area contributed by atoms with Crippen LogP contribution in [0.1, 0.15) is 39.0 Å². The summed E-state index contributed by atoms with van der Waals surface area (Å²) in [5.41, 5.74) is -0.392. The van der Waals surface area contributed by atoms with Gasteiger partial charge in [0, 0.05) is 0 Å². The molecule has 4 saturated carbocycles. The number of hydrogen-bond donors (Lipinski definition) is 1. The molecule has 0 aromatic carbocycles. The first-order valence-corrected chi connectivity index (χ1v) is 9.62. The minimum atomic E-state index is -4.05. The van der Waals surface area contributed by atoms with Gasteiger partial charge >= 0.3 is 5.97 Å². The van der Waals surface area contributed by atoms with Gasteiger partial charge in [-0.2, -0.15) is 8.42 Å². The van der Waals surface area contributed by atoms with E-state index in [1.807, 2.05) is 0 Å². The van der Waals surface area contributed by atoms with Crippen molar-refractivity contribution in [2.45, 2.75) is 44.6 Å². The molecule has 4 fully saturated rings. The Morgan fingerprint density at radius 3 is 2.18 bits per heavy atom. The maximum absolute atomic E-state index is 12.0. The molecular formula is C15H24O6S. The summed E-state index contributed by atoms with van der Waals surface area (Å²) in [6.07, 6.45) is 5.96. The van der Waals surface area contributed by atoms with Crippen LogP contribution in [0.4, 0.5) is 0 Å². The van der Waals surface area contributed by atoms with Crippen LogP contribution in [-0.2, 0) is 24.4 Å². The van der Waals surface area contributed by atoms with Crippen LogP contribution in [0.25, 0.3) is 0 Å². The first kappa shape index (κ1) is 16.2. The van der Waals surface area contributed by atoms with Crippen LogP contribution in [0.5, 0.6) is 0 Å². The van der Waals surface area contributed by atoms with E-state index in [0.29, 0.717) is 11.8 Å². The van der Waals surface area contributed by atoms with Crippen LogP contribution >= 0.6 is 0 Å². The van der Waals surface area contributed by atoms with Crippen LogP contribution in [-0.4, -0.2) is 43.5 Å². The lowest BCUT2D eigenvalue weighted by Gasteiger charge is -2.59. The Hall–Kier alpha value is -0.660. The fourth-order valence-electron chi connectivity index (χ4n) is 4.88. The molecule has 0 spiro atoms. The number of hydrogen-bond acceptors (Lipinski definition) is 5. The SMILES string of the molecule is CC1(OC(=O)COCCS(=O)(=O)O)C2CC3CC(C2)CC1C3. The van der Waals surface area contributed by atoms with Crippen molar-refractivity contribution in [1.29, 1.82) is 0 Å². The predicted molar refractivity (Wildman–Crippen MR) is 78.8 cm³/mol. The van der Waals surface area contributed by atoms with E-state index in [4.69, 9.17) is 14.0 Å². The number of carbonyl (C=O) groups excluding carboxylic acids is 1. The quantitative estimate of drug-likeness (QED) is 0.452. The monoisotopic (exact) mass is 332 g/mol. The van der Waals surface area contributed by atoms with E-state index in [1.54, 1.807) is 0 Å². The van der Waals surface area contributed by atoms with Crippen molar-refractivity contribution in [2.24, 2.45) is 23.7 Å². The van der Waals surface area contributed by atoms with E-state index < -0.39 is 27.4 Å². The van der Waals surface area contributed by atoms with Crippen LogP contribution in [0, 0.1) is 23.7 Å². The van der Waals surface area contributed by atoms with Gasteiger partial charge in [0.15, 0.2) is 0 Å². The van der Waals surface area contributed by atoms with Gasteiger partial charge in [-0.3, -0.25) is 4.55 Å². The van der Waals surface area contributed by atoms with E-state index in [0.717, 1.165) is 37.5 Å². The molecule has 0 aliphatic heterocycles. The lowest BCUT2D eigenvalue weighted by molar-refractivity contribution is -0.206. The van der Waals surface area contributed by atoms with Gasteiger partial charge in [-0.05, 0) is 62.7 Å². The Morgan fingerprint density at radius 1 is 1.14 bits per heavy atom. The highest BCUT2D eigenvalue weighted by atomic mass is 32.2. The van der Waals surface area contributed by atoms with Gasteiger partial charge < -0.3 is 9.47 Å². The summed E-state index contributed by atoms with van der Waals surface area (Å²) in [7, 11) is -4.05. The van der Waals surface area contributed by atoms with Crippen molar-refractivity contribution in [3.05, 3.63) is 0 Å². The van der Waals surface area contributed by atoms with E-state index in [2.05, 4.69) is 6.92 Å². The predicted octanol–water partition coefficient (Wildman–Crippen LogP) is 1.65. The number of esters is 1. The molecule has 4 rings (SSSR count). The molecule has 126 valence electrons. The zero-order valence-electron chi connectivity index (χ0n) is 12.9. The molecule has 0 heterocycles. The molecular weight excluding hydrogens is 308 g/mol. The number of rotatable bonds is 6. The maximum Gasteiger partial charge on any atom is 0.332 e. The van der Waals surface area contributed by atoms with Gasteiger partial charge in [-0.1, -0.05) is 0 Å². The zero-order valence-corrected chi connectivity index (χ0v) is 13.7. The average molecular weight is 332 g/mol. The van der Waals surface area contributed by atoms with Crippen molar-refractivity contribution in [3.8, 4) is 0 Å². The first-order valence-electron chi connectivity index (χ1n) is 8.01. The molecule has 4 bridgehead atoms. The largest absolute Gasteiger partial charge is 0.457 e. The van der Waals surface area contributed by atoms with Gasteiger partial charge in [-0.15, -0.1) is 0 Å². The molecule has 0 atom stereocenters. The summed E-state index contributed by atoms with van der Waals surface area (Å²) in [4.78, 5) is 12.0. The van der Waals surface area contributed by atoms with Crippen LogP contribution < -0.4 is 0 Å². The summed E-state index contributed by atoms with van der Waals surface area (Å²) < 4.78 is 40.5. The molecule has 0 aromatic heterocycles. The highest BCUT2D eigenvalue weighted by Gasteiger charge is 2.56. The third-order valence-electron chi connectivity index (χ3n) is 5.80. The highest BCUT2D eigenvalue weighted by Crippen LogP contribution is 2.59. The summed E-state index contributed by atoms with van der Waals surface area (Å²) in [5.74, 6) is 1.56. The smallest absolute Gasteiger partial charge is 0.332 e. The lowest BCUT2D eigenvalue weighted by atomic mass is 9.50. The molecule has 0 saturated heterocycles. The Labute approximate surface area is 131 Å². The summed E-state index contributed by atoms with van der Waals surface area (Å²) >= 11 is 0. The second kappa shape index (κ2) is 5.76. The molecule has 4 aliphatic rings. The van der Waals surface area contributed by atoms with E-state index >= 15 is 0 Å². The third-order valence-corrected chi connectivity index (χ3v) is 6.48. The van der Waals surface area contributed by atoms with Gasteiger partial charge in [0.1, 0.15) is 12.2 Å². The first-order chi connectivity index (χ1) is 10.3. The van der Waals surface area contributed by atoms with Crippen molar-refractivity contribution in [1.82, 2.24) is 0 Å². The topological polar surface area (TPSA) is 89.9 Å². The van der Waals surface area contributed by atoms with Crippen LogP contribution in [0.2, 0.25) is 0 Å². The normalized spacial score (nSPS) is 39.9. The molecule has 4 aliphatic carbocycles. The summed E-state index contributed by atoms with van der Waals surface area (Å²) in [6, 6.07) is 0. The van der Waals surface area contributed by atoms with Gasteiger partial charge in [0.25, 0.3) is 10.1 Å². The molecule has 1 N–H and O–H groups in total. The van der Waals surface area contributed by atoms with Gasteiger partial charge in [0.05, 0.1) is 12.4 Å². The Morgan fingerprint density at radius 2 is 1.68 bits per heavy atom. The molecule has 0 amide bonds. The second-order valence-corrected chi connectivity index (χ2v) is 8.87. The van der Waals surface area contributed by atoms with E-state index in [1.165, 1.54) is 6.42 Å². The van der Waals surface area contributed by atoms with Crippen molar-refractivity contribution in [2.75, 3.05) is 19.0 Å². The Bertz CT molecular complexity index is 512. The van der Waals surface area contributed by atoms with Gasteiger partial charge in [-0.25, -0.2) is 4.79 Å². The van der Waals surface area contributed by atoms with Crippen LogP contribution in [0.15, 0.2) is 0 Å². The molecule has 6 nitrogen and oxygen atoms in total. The average Bonchev–Trinajstić information content (AvgIpc) is 2.39. The summed E-state index contributed by atoms with van der Waals surface area (Å²) in [5, 5.41) is 0. The zero-order chi connectivity index (χ0) is 16.0. The standard InChI is InChI=1S/C15H24O6S/c1-15(21-14(16)9-20-2-3-22(17,18)19)12-5-10-4-11(7-12)8-13(15)6-10/h10-13H,2-9H2,1H3,(H,17,18,19). The summed E-state index contributed by atoms with van der Waals surface area (Å²) in [6.45, 7) is 1.58. The fourth-order valence-corrected chi connectivity index (χ4v) is 5.21. The minimum absolute atomic E-state index is 0.207. The molecule has 22 heavy (non-hydrogen) atoms. The molecule has 0 aromatic rings. The third kappa shape index (κ3) is 3.31. The molecule has 0 radical (unpaired) electrons. The Balaban J connectivity index is 1.51. The Kier molecular flexibility index (Phi) is 4.24. The van der Waals surface area contributed by atoms with Crippen molar-refractivity contribution in [3.63, 3.8) is 0 Å².